The number of hydrogen-bond donors (Lipinski definition) is 0. The normalized spacial score (nSPS) is 12.7. The second kappa shape index (κ2) is 3.49. The summed E-state index contributed by atoms with van der Waals surface area (Å²) in [6, 6.07) is 0. The lowest BCUT2D eigenvalue weighted by Gasteiger charge is -1.81. The molecule has 0 aliphatic rings. The van der Waals surface area contributed by atoms with Crippen molar-refractivity contribution >= 4 is 22.4 Å². The van der Waals surface area contributed by atoms with Gasteiger partial charge in [-0.3, -0.25) is 9.48 Å². The number of rotatable bonds is 1. The third-order valence-corrected chi connectivity index (χ3v) is 3.27. The van der Waals surface area contributed by atoms with E-state index >= 15 is 0 Å². The van der Waals surface area contributed by atoms with Gasteiger partial charge in [0.15, 0.2) is 0 Å². The molecule has 0 fully saturated rings. The van der Waals surface area contributed by atoms with Crippen LogP contribution in [0.2, 0.25) is 0 Å². The molecule has 3 heterocycles. The third-order valence-electron chi connectivity index (χ3n) is 2.31. The summed E-state index contributed by atoms with van der Waals surface area (Å²) in [7, 11) is 1.83. The Kier molecular flexibility index (Phi) is 2.08. The lowest BCUT2D eigenvalue weighted by molar-refractivity contribution is 0.767. The van der Waals surface area contributed by atoms with Crippen molar-refractivity contribution in [3.05, 3.63) is 38.7 Å². The van der Waals surface area contributed by atoms with Gasteiger partial charge >= 0.3 is 0 Å². The zero-order valence-electron chi connectivity index (χ0n) is 9.28. The Bertz CT molecular complexity index is 796. The van der Waals surface area contributed by atoms with E-state index in [9.17, 15) is 4.79 Å². The van der Waals surface area contributed by atoms with E-state index in [0.717, 1.165) is 5.56 Å². The Morgan fingerprint density at radius 2 is 2.29 bits per heavy atom. The van der Waals surface area contributed by atoms with Gasteiger partial charge in [0.25, 0.3) is 5.56 Å². The van der Waals surface area contributed by atoms with Crippen molar-refractivity contribution in [1.29, 1.82) is 0 Å². The van der Waals surface area contributed by atoms with Crippen molar-refractivity contribution in [2.24, 2.45) is 7.05 Å². The highest BCUT2D eigenvalue weighted by Crippen LogP contribution is 2.02. The quantitative estimate of drug-likeness (QED) is 0.594. The Balaban J connectivity index is 2.24. The molecule has 3 aromatic rings. The van der Waals surface area contributed by atoms with Gasteiger partial charge in [-0.05, 0) is 13.0 Å². The van der Waals surface area contributed by atoms with Gasteiger partial charge in [-0.1, -0.05) is 11.3 Å². The van der Waals surface area contributed by atoms with Crippen LogP contribution in [0.3, 0.4) is 0 Å². The summed E-state index contributed by atoms with van der Waals surface area (Å²) in [6.07, 6.45) is 5.35. The Morgan fingerprint density at radius 3 is 2.94 bits per heavy atom. The van der Waals surface area contributed by atoms with Gasteiger partial charge in [-0.2, -0.15) is 9.61 Å². The highest BCUT2D eigenvalue weighted by molar-refractivity contribution is 7.15. The predicted molar refractivity (Wildman–Crippen MR) is 63.9 cm³/mol. The SMILES string of the molecule is Cc1nc2s/c(=C\c3cnn(C)c3)c(=O)n2n1. The molecular formula is C10H9N5OS. The zero-order chi connectivity index (χ0) is 12.0. The maximum absolute atomic E-state index is 12.0. The number of hydrogen-bond acceptors (Lipinski definition) is 5. The van der Waals surface area contributed by atoms with Crippen molar-refractivity contribution in [3.8, 4) is 0 Å². The number of fused-ring (bicyclic) bond motifs is 1. The molecule has 17 heavy (non-hydrogen) atoms. The first-order chi connectivity index (χ1) is 8.13. The van der Waals surface area contributed by atoms with E-state index in [1.807, 2.05) is 13.2 Å². The van der Waals surface area contributed by atoms with Gasteiger partial charge in [0.1, 0.15) is 5.82 Å². The number of aryl methyl sites for hydroxylation is 2. The molecule has 0 saturated heterocycles. The zero-order valence-corrected chi connectivity index (χ0v) is 10.1. The van der Waals surface area contributed by atoms with E-state index in [2.05, 4.69) is 15.2 Å². The van der Waals surface area contributed by atoms with Crippen LogP contribution < -0.4 is 10.1 Å². The Morgan fingerprint density at radius 1 is 1.47 bits per heavy atom. The molecule has 0 aliphatic carbocycles. The lowest BCUT2D eigenvalue weighted by Crippen LogP contribution is -2.23. The maximum atomic E-state index is 12.0. The first-order valence-corrected chi connectivity index (χ1v) is 5.82. The monoisotopic (exact) mass is 247 g/mol. The molecule has 0 bridgehead atoms. The van der Waals surface area contributed by atoms with Crippen LogP contribution in [0.1, 0.15) is 11.4 Å². The number of thiazole rings is 1. The average Bonchev–Trinajstić information content (AvgIpc) is 2.89. The second-order valence-electron chi connectivity index (χ2n) is 3.72. The largest absolute Gasteiger partial charge is 0.291 e. The van der Waals surface area contributed by atoms with Crippen LogP contribution in [0.4, 0.5) is 0 Å². The van der Waals surface area contributed by atoms with Crippen molar-refractivity contribution in [2.45, 2.75) is 6.92 Å². The van der Waals surface area contributed by atoms with Crippen molar-refractivity contribution in [1.82, 2.24) is 24.4 Å². The molecule has 0 aromatic carbocycles. The molecule has 0 N–H and O–H groups in total. The van der Waals surface area contributed by atoms with Crippen LogP contribution in [-0.2, 0) is 7.05 Å². The highest BCUT2D eigenvalue weighted by atomic mass is 32.1. The molecule has 6 nitrogen and oxygen atoms in total. The minimum atomic E-state index is -0.130. The molecule has 0 unspecified atom stereocenters. The second-order valence-corrected chi connectivity index (χ2v) is 4.73. The van der Waals surface area contributed by atoms with Crippen LogP contribution >= 0.6 is 11.3 Å². The molecular weight excluding hydrogens is 238 g/mol. The van der Waals surface area contributed by atoms with Crippen molar-refractivity contribution in [3.63, 3.8) is 0 Å². The van der Waals surface area contributed by atoms with Crippen LogP contribution in [0.15, 0.2) is 17.2 Å². The fourth-order valence-electron chi connectivity index (χ4n) is 1.60. The molecule has 0 radical (unpaired) electrons. The van der Waals surface area contributed by atoms with E-state index in [4.69, 9.17) is 0 Å². The molecule has 3 aromatic heterocycles. The standard InChI is InChI=1S/C10H9N5OS/c1-6-12-10-15(13-6)9(16)8(17-10)3-7-4-11-14(2)5-7/h3-5H,1-2H3/b8-3-. The first kappa shape index (κ1) is 10.2. The molecule has 0 spiro atoms. The van der Waals surface area contributed by atoms with E-state index in [1.54, 1.807) is 23.9 Å². The first-order valence-electron chi connectivity index (χ1n) is 5.00. The summed E-state index contributed by atoms with van der Waals surface area (Å²) >= 11 is 1.33. The Hall–Kier alpha value is -2.02. The van der Waals surface area contributed by atoms with Crippen molar-refractivity contribution < 1.29 is 0 Å². The summed E-state index contributed by atoms with van der Waals surface area (Å²) in [6.45, 7) is 1.77. The summed E-state index contributed by atoms with van der Waals surface area (Å²) in [4.78, 5) is 16.8. The van der Waals surface area contributed by atoms with E-state index in [1.165, 1.54) is 15.9 Å². The molecule has 0 amide bonds. The minimum absolute atomic E-state index is 0.130. The van der Waals surface area contributed by atoms with Crippen LogP contribution in [0, 0.1) is 6.92 Å². The Labute approximate surface area is 99.8 Å². The highest BCUT2D eigenvalue weighted by Gasteiger charge is 2.07. The third kappa shape index (κ3) is 1.64. The summed E-state index contributed by atoms with van der Waals surface area (Å²) in [5, 5.41) is 8.09. The fraction of sp³-hybridized carbons (Fsp3) is 0.200. The van der Waals surface area contributed by atoms with Gasteiger partial charge in [-0.25, -0.2) is 4.98 Å². The fourth-order valence-corrected chi connectivity index (χ4v) is 2.55. The lowest BCUT2D eigenvalue weighted by atomic mass is 10.3. The summed E-state index contributed by atoms with van der Waals surface area (Å²) in [5.41, 5.74) is 0.764. The van der Waals surface area contributed by atoms with Crippen LogP contribution in [0.25, 0.3) is 11.0 Å². The minimum Gasteiger partial charge on any atom is -0.275 e. The topological polar surface area (TPSA) is 65.1 Å². The number of aromatic nitrogens is 5. The summed E-state index contributed by atoms with van der Waals surface area (Å²) in [5.74, 6) is 0.612. The molecule has 0 saturated carbocycles. The summed E-state index contributed by atoms with van der Waals surface area (Å²) < 4.78 is 3.65. The van der Waals surface area contributed by atoms with Crippen LogP contribution in [-0.4, -0.2) is 24.4 Å². The van der Waals surface area contributed by atoms with E-state index < -0.39 is 0 Å². The molecule has 0 aliphatic heterocycles. The van der Waals surface area contributed by atoms with E-state index in [0.29, 0.717) is 15.3 Å². The number of nitrogens with zero attached hydrogens (tertiary/aromatic N) is 5. The maximum Gasteiger partial charge on any atom is 0.291 e. The molecule has 0 atom stereocenters. The van der Waals surface area contributed by atoms with Crippen molar-refractivity contribution in [2.75, 3.05) is 0 Å². The predicted octanol–water partition coefficient (Wildman–Crippen LogP) is -0.259. The van der Waals surface area contributed by atoms with Crippen LogP contribution in [0.5, 0.6) is 0 Å². The smallest absolute Gasteiger partial charge is 0.275 e. The molecule has 7 heteroatoms. The molecule has 3 rings (SSSR count). The van der Waals surface area contributed by atoms with Gasteiger partial charge < -0.3 is 0 Å². The van der Waals surface area contributed by atoms with Gasteiger partial charge in [0, 0.05) is 18.8 Å². The van der Waals surface area contributed by atoms with Gasteiger partial charge in [-0.15, -0.1) is 5.10 Å². The van der Waals surface area contributed by atoms with Gasteiger partial charge in [0.2, 0.25) is 4.96 Å². The van der Waals surface area contributed by atoms with E-state index in [-0.39, 0.29) is 5.56 Å². The average molecular weight is 247 g/mol. The molecule has 86 valence electrons. The van der Waals surface area contributed by atoms with Gasteiger partial charge in [0.05, 0.1) is 10.7 Å².